The number of carbonyl (C=O) groups is 2. The number of imide groups is 1. The number of fused-ring (bicyclic) bond motifs is 5. The Kier molecular flexibility index (Phi) is 3.56. The van der Waals surface area contributed by atoms with Gasteiger partial charge in [-0.25, -0.2) is 0 Å². The molecule has 0 N–H and O–H groups in total. The predicted octanol–water partition coefficient (Wildman–Crippen LogP) is 3.00. The zero-order chi connectivity index (χ0) is 17.8. The second kappa shape index (κ2) is 5.55. The van der Waals surface area contributed by atoms with E-state index >= 15 is 0 Å². The van der Waals surface area contributed by atoms with Crippen LogP contribution in [-0.2, 0) is 9.59 Å². The molecule has 4 atom stereocenters. The van der Waals surface area contributed by atoms with Gasteiger partial charge in [-0.3, -0.25) is 9.59 Å². The van der Waals surface area contributed by atoms with E-state index in [9.17, 15) is 9.59 Å². The molecule has 0 spiro atoms. The molecule has 4 rings (SSSR count). The first-order chi connectivity index (χ1) is 11.8. The average Bonchev–Trinajstić information content (AvgIpc) is 3.21. The summed E-state index contributed by atoms with van der Waals surface area (Å²) in [6.45, 7) is 5.91. The van der Waals surface area contributed by atoms with Gasteiger partial charge in [0.05, 0.1) is 18.1 Å². The first kappa shape index (κ1) is 16.1. The van der Waals surface area contributed by atoms with Crippen molar-refractivity contribution in [1.82, 2.24) is 5.01 Å². The summed E-state index contributed by atoms with van der Waals surface area (Å²) in [6.07, 6.45) is 6.63. The molecule has 2 amide bonds. The number of amides is 2. The average molecular weight is 338 g/mol. The lowest BCUT2D eigenvalue weighted by Gasteiger charge is -2.22. The molecule has 0 aromatic heterocycles. The summed E-state index contributed by atoms with van der Waals surface area (Å²) in [6, 6.07) is 7.49. The van der Waals surface area contributed by atoms with E-state index < -0.39 is 0 Å². The molecular weight excluding hydrogens is 316 g/mol. The molecule has 0 radical (unpaired) electrons. The Morgan fingerprint density at radius 1 is 1.08 bits per heavy atom. The molecule has 1 aromatic rings. The Hall–Kier alpha value is -2.43. The highest BCUT2D eigenvalue weighted by molar-refractivity contribution is 6.06. The molecule has 5 nitrogen and oxygen atoms in total. The van der Waals surface area contributed by atoms with Crippen LogP contribution in [0.1, 0.15) is 32.8 Å². The van der Waals surface area contributed by atoms with Crippen molar-refractivity contribution in [3.05, 3.63) is 42.0 Å². The van der Waals surface area contributed by atoms with Gasteiger partial charge in [-0.2, -0.15) is 10.1 Å². The first-order valence-corrected chi connectivity index (χ1v) is 8.73. The van der Waals surface area contributed by atoms with Crippen LogP contribution in [0.4, 0.5) is 0 Å². The number of hydrogen-bond donors (Lipinski definition) is 0. The summed E-state index contributed by atoms with van der Waals surface area (Å²) in [5.41, 5.74) is 0.404. The SMILES string of the molecule is CC(C)(C)Oc1ccccc1C=NN1C(=O)C2C3C=CC(C3)C2C1=O. The summed E-state index contributed by atoms with van der Waals surface area (Å²) in [4.78, 5) is 25.3. The van der Waals surface area contributed by atoms with Crippen LogP contribution in [0.15, 0.2) is 41.5 Å². The number of rotatable bonds is 3. The molecule has 1 saturated carbocycles. The predicted molar refractivity (Wildman–Crippen MR) is 94.0 cm³/mol. The summed E-state index contributed by atoms with van der Waals surface area (Å²) in [7, 11) is 0. The van der Waals surface area contributed by atoms with E-state index in [1.54, 1.807) is 6.21 Å². The lowest BCUT2D eigenvalue weighted by molar-refractivity contribution is -0.140. The van der Waals surface area contributed by atoms with Crippen LogP contribution in [-0.4, -0.2) is 28.6 Å². The van der Waals surface area contributed by atoms with Gasteiger partial charge in [0.25, 0.3) is 11.8 Å². The lowest BCUT2D eigenvalue weighted by Crippen LogP contribution is -2.28. The third-order valence-electron chi connectivity index (χ3n) is 5.09. The molecule has 3 aliphatic rings. The first-order valence-electron chi connectivity index (χ1n) is 8.73. The van der Waals surface area contributed by atoms with Crippen LogP contribution in [0.2, 0.25) is 0 Å². The van der Waals surface area contributed by atoms with Crippen LogP contribution in [0.3, 0.4) is 0 Å². The van der Waals surface area contributed by atoms with Crippen LogP contribution in [0.5, 0.6) is 5.75 Å². The standard InChI is InChI=1S/C20H22N2O3/c1-20(2,3)25-15-7-5-4-6-14(15)11-21-22-18(23)16-12-8-9-13(10-12)17(16)19(22)24/h4-9,11-13,16-17H,10H2,1-3H3. The third kappa shape index (κ3) is 2.68. The number of nitrogens with zero attached hydrogens (tertiary/aromatic N) is 2. The van der Waals surface area contributed by atoms with Crippen molar-refractivity contribution in [1.29, 1.82) is 0 Å². The fraction of sp³-hybridized carbons (Fsp3) is 0.450. The number of ether oxygens (including phenoxy) is 1. The Morgan fingerprint density at radius 2 is 1.68 bits per heavy atom. The highest BCUT2D eigenvalue weighted by atomic mass is 16.5. The van der Waals surface area contributed by atoms with E-state index in [0.717, 1.165) is 17.0 Å². The van der Waals surface area contributed by atoms with E-state index in [-0.39, 0.29) is 41.1 Å². The zero-order valence-corrected chi connectivity index (χ0v) is 14.7. The lowest BCUT2D eigenvalue weighted by atomic mass is 9.85. The summed E-state index contributed by atoms with van der Waals surface area (Å²) in [5.74, 6) is 0.294. The van der Waals surface area contributed by atoms with E-state index in [1.807, 2.05) is 45.0 Å². The van der Waals surface area contributed by atoms with E-state index in [2.05, 4.69) is 17.3 Å². The Balaban J connectivity index is 1.58. The monoisotopic (exact) mass is 338 g/mol. The van der Waals surface area contributed by atoms with Gasteiger partial charge in [0.1, 0.15) is 11.4 Å². The molecule has 2 aliphatic carbocycles. The van der Waals surface area contributed by atoms with Gasteiger partial charge in [-0.05, 0) is 51.2 Å². The molecule has 4 unspecified atom stereocenters. The summed E-state index contributed by atoms with van der Waals surface area (Å²) < 4.78 is 5.93. The van der Waals surface area contributed by atoms with Crippen molar-refractivity contribution in [3.8, 4) is 5.75 Å². The zero-order valence-electron chi connectivity index (χ0n) is 14.7. The van der Waals surface area contributed by atoms with Gasteiger partial charge >= 0.3 is 0 Å². The fourth-order valence-corrected chi connectivity index (χ4v) is 4.13. The molecular formula is C20H22N2O3. The Morgan fingerprint density at radius 3 is 2.28 bits per heavy atom. The van der Waals surface area contributed by atoms with Crippen LogP contribution in [0, 0.1) is 23.7 Å². The normalized spacial score (nSPS) is 30.6. The molecule has 2 fully saturated rings. The smallest absolute Gasteiger partial charge is 0.254 e. The maximum atomic E-state index is 12.6. The van der Waals surface area contributed by atoms with Crippen molar-refractivity contribution < 1.29 is 14.3 Å². The van der Waals surface area contributed by atoms with Gasteiger partial charge in [0, 0.05) is 5.56 Å². The Bertz CT molecular complexity index is 760. The number of allylic oxidation sites excluding steroid dienone is 2. The Labute approximate surface area is 147 Å². The third-order valence-corrected chi connectivity index (χ3v) is 5.09. The summed E-state index contributed by atoms with van der Waals surface area (Å²) in [5, 5.41) is 5.29. The maximum Gasteiger partial charge on any atom is 0.254 e. The minimum absolute atomic E-state index is 0.169. The number of hydrazone groups is 1. The largest absolute Gasteiger partial charge is 0.487 e. The van der Waals surface area contributed by atoms with Crippen molar-refractivity contribution >= 4 is 18.0 Å². The van der Waals surface area contributed by atoms with Gasteiger partial charge in [-0.15, -0.1) is 0 Å². The van der Waals surface area contributed by atoms with Gasteiger partial charge < -0.3 is 4.74 Å². The molecule has 1 aliphatic heterocycles. The molecule has 1 aromatic carbocycles. The molecule has 5 heteroatoms. The minimum Gasteiger partial charge on any atom is -0.487 e. The number of hydrogen-bond acceptors (Lipinski definition) is 4. The van der Waals surface area contributed by atoms with Crippen LogP contribution < -0.4 is 4.74 Å². The molecule has 1 heterocycles. The van der Waals surface area contributed by atoms with E-state index in [4.69, 9.17) is 4.74 Å². The van der Waals surface area contributed by atoms with Crippen molar-refractivity contribution in [2.75, 3.05) is 0 Å². The van der Waals surface area contributed by atoms with E-state index in [0.29, 0.717) is 5.75 Å². The van der Waals surface area contributed by atoms with Crippen LogP contribution in [0.25, 0.3) is 0 Å². The van der Waals surface area contributed by atoms with Crippen molar-refractivity contribution in [3.63, 3.8) is 0 Å². The van der Waals surface area contributed by atoms with Gasteiger partial charge in [-0.1, -0.05) is 24.3 Å². The quantitative estimate of drug-likeness (QED) is 0.484. The number of para-hydroxylation sites is 1. The van der Waals surface area contributed by atoms with E-state index in [1.165, 1.54) is 0 Å². The van der Waals surface area contributed by atoms with Crippen LogP contribution >= 0.6 is 0 Å². The highest BCUT2D eigenvalue weighted by Gasteiger charge is 2.59. The molecule has 130 valence electrons. The minimum atomic E-state index is -0.342. The summed E-state index contributed by atoms with van der Waals surface area (Å²) >= 11 is 0. The number of benzene rings is 1. The van der Waals surface area contributed by atoms with Gasteiger partial charge in [0.15, 0.2) is 0 Å². The molecule has 1 saturated heterocycles. The topological polar surface area (TPSA) is 59.0 Å². The fourth-order valence-electron chi connectivity index (χ4n) is 4.13. The van der Waals surface area contributed by atoms with Crippen molar-refractivity contribution in [2.45, 2.75) is 32.8 Å². The molecule has 25 heavy (non-hydrogen) atoms. The maximum absolute atomic E-state index is 12.6. The van der Waals surface area contributed by atoms with Gasteiger partial charge in [0.2, 0.25) is 0 Å². The number of carbonyl (C=O) groups excluding carboxylic acids is 2. The second-order valence-corrected chi connectivity index (χ2v) is 7.98. The second-order valence-electron chi connectivity index (χ2n) is 7.98. The van der Waals surface area contributed by atoms with Crippen molar-refractivity contribution in [2.24, 2.45) is 28.8 Å². The highest BCUT2D eigenvalue weighted by Crippen LogP contribution is 2.52. The molecule has 2 bridgehead atoms.